The van der Waals surface area contributed by atoms with E-state index < -0.39 is 0 Å². The molecule has 7 heteroatoms. The average molecular weight is 384 g/mol. The van der Waals surface area contributed by atoms with Crippen LogP contribution >= 0.6 is 24.8 Å². The predicted octanol–water partition coefficient (Wildman–Crippen LogP) is 2.21. The Hall–Kier alpha value is -0.0700. The maximum atomic E-state index is 12.1. The molecule has 2 heterocycles. The highest BCUT2D eigenvalue weighted by Crippen LogP contribution is 2.18. The van der Waals surface area contributed by atoms with Gasteiger partial charge < -0.3 is 20.7 Å². The largest absolute Gasteiger partial charge is 0.381 e. The van der Waals surface area contributed by atoms with Gasteiger partial charge in [0.1, 0.15) is 0 Å². The molecule has 0 spiro atoms. The zero-order valence-electron chi connectivity index (χ0n) is 14.9. The van der Waals surface area contributed by atoms with Crippen LogP contribution in [0.15, 0.2) is 0 Å². The number of carbonyl (C=O) groups is 1. The third-order valence-electron chi connectivity index (χ3n) is 5.15. The molecule has 0 saturated carbocycles. The summed E-state index contributed by atoms with van der Waals surface area (Å²) in [7, 11) is 0. The summed E-state index contributed by atoms with van der Waals surface area (Å²) in [5.74, 6) is 1.19. The molecule has 3 N–H and O–H groups in total. The standard InChI is InChI=1S/C17H33N3O2.2ClH/c1-14-4-10-20(11-5-14)9-3-2-8-19-17(21)16(18)15-6-12-22-13-7-15;;/h14-16H,2-13,18H2,1H3,(H,19,21);2*1H. The van der Waals surface area contributed by atoms with Crippen molar-refractivity contribution in [3.8, 4) is 0 Å². The summed E-state index contributed by atoms with van der Waals surface area (Å²) in [6.45, 7) is 8.20. The molecule has 24 heavy (non-hydrogen) atoms. The molecule has 0 aromatic heterocycles. The van der Waals surface area contributed by atoms with E-state index in [0.717, 1.165) is 57.9 Å². The number of nitrogens with zero attached hydrogens (tertiary/aromatic N) is 1. The molecule has 0 aliphatic carbocycles. The van der Waals surface area contributed by atoms with Crippen molar-refractivity contribution in [3.63, 3.8) is 0 Å². The first-order valence-corrected chi connectivity index (χ1v) is 9.00. The molecule has 0 radical (unpaired) electrons. The Morgan fingerprint density at radius 1 is 1.17 bits per heavy atom. The van der Waals surface area contributed by atoms with Crippen LogP contribution in [-0.2, 0) is 9.53 Å². The third kappa shape index (κ3) is 8.34. The second-order valence-corrected chi connectivity index (χ2v) is 7.00. The van der Waals surface area contributed by atoms with Crippen LogP contribution in [0.25, 0.3) is 0 Å². The van der Waals surface area contributed by atoms with Gasteiger partial charge in [0.05, 0.1) is 6.04 Å². The van der Waals surface area contributed by atoms with Gasteiger partial charge in [-0.1, -0.05) is 6.92 Å². The maximum absolute atomic E-state index is 12.1. The molecular weight excluding hydrogens is 349 g/mol. The van der Waals surface area contributed by atoms with Crippen LogP contribution in [0.5, 0.6) is 0 Å². The quantitative estimate of drug-likeness (QED) is 0.661. The Morgan fingerprint density at radius 2 is 1.79 bits per heavy atom. The molecule has 0 aromatic carbocycles. The summed E-state index contributed by atoms with van der Waals surface area (Å²) in [6, 6.07) is -0.368. The highest BCUT2D eigenvalue weighted by molar-refractivity contribution is 5.85. The minimum Gasteiger partial charge on any atom is -0.381 e. The Bertz CT molecular complexity index is 334. The highest BCUT2D eigenvalue weighted by atomic mass is 35.5. The van der Waals surface area contributed by atoms with Gasteiger partial charge in [-0.25, -0.2) is 0 Å². The third-order valence-corrected chi connectivity index (χ3v) is 5.15. The van der Waals surface area contributed by atoms with Crippen LogP contribution in [-0.4, -0.2) is 56.2 Å². The van der Waals surface area contributed by atoms with E-state index in [0.29, 0.717) is 0 Å². The second-order valence-electron chi connectivity index (χ2n) is 7.00. The van der Waals surface area contributed by atoms with Crippen LogP contribution < -0.4 is 11.1 Å². The summed E-state index contributed by atoms with van der Waals surface area (Å²) in [4.78, 5) is 14.6. The smallest absolute Gasteiger partial charge is 0.237 e. The van der Waals surface area contributed by atoms with Gasteiger partial charge in [0.25, 0.3) is 0 Å². The lowest BCUT2D eigenvalue weighted by Gasteiger charge is -2.30. The number of nitrogens with one attached hydrogen (secondary N) is 1. The van der Waals surface area contributed by atoms with E-state index in [4.69, 9.17) is 10.5 Å². The minimum absolute atomic E-state index is 0. The van der Waals surface area contributed by atoms with Gasteiger partial charge in [0.15, 0.2) is 0 Å². The van der Waals surface area contributed by atoms with Crippen molar-refractivity contribution >= 4 is 30.7 Å². The molecule has 2 aliphatic heterocycles. The Morgan fingerprint density at radius 3 is 2.42 bits per heavy atom. The average Bonchev–Trinajstić information content (AvgIpc) is 2.56. The first kappa shape index (κ1) is 23.9. The first-order valence-electron chi connectivity index (χ1n) is 9.00. The fraction of sp³-hybridized carbons (Fsp3) is 0.941. The normalized spacial score (nSPS) is 21.4. The van der Waals surface area contributed by atoms with E-state index in [9.17, 15) is 4.79 Å². The number of rotatable bonds is 7. The zero-order chi connectivity index (χ0) is 15.8. The summed E-state index contributed by atoms with van der Waals surface area (Å²) >= 11 is 0. The van der Waals surface area contributed by atoms with E-state index in [2.05, 4.69) is 17.1 Å². The van der Waals surface area contributed by atoms with Crippen LogP contribution in [0.1, 0.15) is 45.4 Å². The first-order chi connectivity index (χ1) is 10.7. The zero-order valence-corrected chi connectivity index (χ0v) is 16.5. The number of hydrogen-bond acceptors (Lipinski definition) is 4. The molecule has 1 amide bonds. The molecular formula is C17H35Cl2N3O2. The van der Waals surface area contributed by atoms with Crippen molar-refractivity contribution in [3.05, 3.63) is 0 Å². The maximum Gasteiger partial charge on any atom is 0.237 e. The van der Waals surface area contributed by atoms with Crippen LogP contribution in [0.3, 0.4) is 0 Å². The Kier molecular flexibility index (Phi) is 13.1. The molecule has 2 fully saturated rings. The van der Waals surface area contributed by atoms with Crippen molar-refractivity contribution in [2.75, 3.05) is 39.4 Å². The summed E-state index contributed by atoms with van der Waals surface area (Å²) in [5, 5.41) is 3.00. The fourth-order valence-corrected chi connectivity index (χ4v) is 3.36. The van der Waals surface area contributed by atoms with Gasteiger partial charge in [0, 0.05) is 19.8 Å². The van der Waals surface area contributed by atoms with Crippen molar-refractivity contribution in [1.82, 2.24) is 10.2 Å². The van der Waals surface area contributed by atoms with Crippen LogP contribution in [0, 0.1) is 11.8 Å². The molecule has 0 bridgehead atoms. The molecule has 144 valence electrons. The van der Waals surface area contributed by atoms with Crippen LogP contribution in [0.4, 0.5) is 0 Å². The summed E-state index contributed by atoms with van der Waals surface area (Å²) in [6.07, 6.45) is 6.66. The van der Waals surface area contributed by atoms with E-state index in [1.165, 1.54) is 25.9 Å². The van der Waals surface area contributed by atoms with Crippen LogP contribution in [0.2, 0.25) is 0 Å². The van der Waals surface area contributed by atoms with Gasteiger partial charge >= 0.3 is 0 Å². The molecule has 1 unspecified atom stereocenters. The number of piperidine rings is 1. The SMILES string of the molecule is CC1CCN(CCCCNC(=O)C(N)C2CCOCC2)CC1.Cl.Cl. The molecule has 0 aromatic rings. The number of nitrogens with two attached hydrogens (primary N) is 1. The lowest BCUT2D eigenvalue weighted by Crippen LogP contribution is -2.47. The van der Waals surface area contributed by atoms with Crippen molar-refractivity contribution < 1.29 is 9.53 Å². The molecule has 5 nitrogen and oxygen atoms in total. The number of carbonyl (C=O) groups excluding carboxylic acids is 1. The summed E-state index contributed by atoms with van der Waals surface area (Å²) in [5.41, 5.74) is 6.06. The predicted molar refractivity (Wildman–Crippen MR) is 103 cm³/mol. The molecule has 2 aliphatic rings. The van der Waals surface area contributed by atoms with Crippen molar-refractivity contribution in [2.24, 2.45) is 17.6 Å². The van der Waals surface area contributed by atoms with Gasteiger partial charge in [0.2, 0.25) is 5.91 Å². The molecule has 1 atom stereocenters. The van der Waals surface area contributed by atoms with Gasteiger partial charge in [-0.05, 0) is 70.0 Å². The number of hydrogen-bond donors (Lipinski definition) is 2. The minimum atomic E-state index is -0.368. The number of likely N-dealkylation sites (tertiary alicyclic amines) is 1. The highest BCUT2D eigenvalue weighted by Gasteiger charge is 2.26. The van der Waals surface area contributed by atoms with Crippen molar-refractivity contribution in [2.45, 2.75) is 51.5 Å². The van der Waals surface area contributed by atoms with Gasteiger partial charge in [-0.15, -0.1) is 24.8 Å². The second kappa shape index (κ2) is 13.2. The molecule has 2 saturated heterocycles. The Labute approximate surface area is 159 Å². The number of amides is 1. The molecule has 2 rings (SSSR count). The van der Waals surface area contributed by atoms with Crippen molar-refractivity contribution in [1.29, 1.82) is 0 Å². The number of ether oxygens (including phenoxy) is 1. The number of halogens is 2. The van der Waals surface area contributed by atoms with Gasteiger partial charge in [-0.2, -0.15) is 0 Å². The fourth-order valence-electron chi connectivity index (χ4n) is 3.36. The lowest BCUT2D eigenvalue weighted by atomic mass is 9.92. The van der Waals surface area contributed by atoms with E-state index in [-0.39, 0.29) is 42.7 Å². The summed E-state index contributed by atoms with van der Waals surface area (Å²) < 4.78 is 5.31. The number of unbranched alkanes of at least 4 members (excludes halogenated alkanes) is 1. The van der Waals surface area contributed by atoms with E-state index in [1.807, 2.05) is 0 Å². The lowest BCUT2D eigenvalue weighted by molar-refractivity contribution is -0.124. The van der Waals surface area contributed by atoms with E-state index >= 15 is 0 Å². The monoisotopic (exact) mass is 383 g/mol. The topological polar surface area (TPSA) is 67.6 Å². The Balaban J connectivity index is 0.00000264. The van der Waals surface area contributed by atoms with E-state index in [1.54, 1.807) is 0 Å². The van der Waals surface area contributed by atoms with Gasteiger partial charge in [-0.3, -0.25) is 4.79 Å².